The molecule has 6 nitrogen and oxygen atoms in total. The predicted octanol–water partition coefficient (Wildman–Crippen LogP) is 4.99. The van der Waals surface area contributed by atoms with E-state index in [0.29, 0.717) is 5.75 Å². The standard InChI is InChI=1S/C26H30N4O2S2/c1-16-7-5-6-8-19(16)30-25-22(24(28-30)26(2,3)4)23(17-11-12-33-14-17)34-15-21(32)29(25)13-20(31)27-18-9-10-18/h5-8,11-12,14,18,23H,9-10,13,15H2,1-4H3,(H,27,31). The summed E-state index contributed by atoms with van der Waals surface area (Å²) in [5.74, 6) is 0.848. The van der Waals surface area contributed by atoms with Gasteiger partial charge in [0.25, 0.3) is 0 Å². The monoisotopic (exact) mass is 494 g/mol. The summed E-state index contributed by atoms with van der Waals surface area (Å²) >= 11 is 3.28. The molecule has 8 heteroatoms. The lowest BCUT2D eigenvalue weighted by Gasteiger charge is -2.24. The van der Waals surface area contributed by atoms with Gasteiger partial charge in [-0.15, -0.1) is 11.8 Å². The minimum Gasteiger partial charge on any atom is -0.352 e. The molecular formula is C26H30N4O2S2. The summed E-state index contributed by atoms with van der Waals surface area (Å²) in [7, 11) is 0. The average molecular weight is 495 g/mol. The fraction of sp³-hybridized carbons (Fsp3) is 0.423. The van der Waals surface area contributed by atoms with E-state index < -0.39 is 0 Å². The van der Waals surface area contributed by atoms with Crippen LogP contribution in [-0.2, 0) is 15.0 Å². The summed E-state index contributed by atoms with van der Waals surface area (Å²) in [6.07, 6.45) is 2.02. The second-order valence-electron chi connectivity index (χ2n) is 10.1. The van der Waals surface area contributed by atoms with Crippen LogP contribution in [0, 0.1) is 6.92 Å². The van der Waals surface area contributed by atoms with Crippen molar-refractivity contribution in [1.29, 1.82) is 0 Å². The van der Waals surface area contributed by atoms with Crippen molar-refractivity contribution in [1.82, 2.24) is 15.1 Å². The van der Waals surface area contributed by atoms with E-state index in [-0.39, 0.29) is 35.1 Å². The molecule has 3 aromatic rings. The Morgan fingerprint density at radius 1 is 1.21 bits per heavy atom. The Morgan fingerprint density at radius 3 is 2.62 bits per heavy atom. The summed E-state index contributed by atoms with van der Waals surface area (Å²) in [5.41, 5.74) is 4.89. The van der Waals surface area contributed by atoms with E-state index in [9.17, 15) is 9.59 Å². The topological polar surface area (TPSA) is 67.2 Å². The number of thiophene rings is 1. The van der Waals surface area contributed by atoms with Crippen molar-refractivity contribution in [2.75, 3.05) is 17.2 Å². The Bertz CT molecular complexity index is 1220. The summed E-state index contributed by atoms with van der Waals surface area (Å²) in [6.45, 7) is 8.52. The van der Waals surface area contributed by atoms with Gasteiger partial charge >= 0.3 is 0 Å². The lowest BCUT2D eigenvalue weighted by Crippen LogP contribution is -2.43. The zero-order valence-corrected chi connectivity index (χ0v) is 21.6. The molecule has 1 aliphatic carbocycles. The predicted molar refractivity (Wildman–Crippen MR) is 139 cm³/mol. The maximum Gasteiger partial charge on any atom is 0.240 e. The number of hydrogen-bond acceptors (Lipinski definition) is 5. The maximum atomic E-state index is 13.5. The maximum absolute atomic E-state index is 13.5. The molecule has 3 heterocycles. The van der Waals surface area contributed by atoms with Crippen LogP contribution in [0.3, 0.4) is 0 Å². The van der Waals surface area contributed by atoms with Crippen molar-refractivity contribution in [2.24, 2.45) is 0 Å². The summed E-state index contributed by atoms with van der Waals surface area (Å²) in [6, 6.07) is 10.4. The van der Waals surface area contributed by atoms with Gasteiger partial charge in [0.2, 0.25) is 11.8 Å². The van der Waals surface area contributed by atoms with E-state index in [0.717, 1.165) is 41.2 Å². The summed E-state index contributed by atoms with van der Waals surface area (Å²) < 4.78 is 1.90. The Balaban J connectivity index is 1.75. The number of nitrogens with zero attached hydrogens (tertiary/aromatic N) is 3. The van der Waals surface area contributed by atoms with Gasteiger partial charge in [-0.1, -0.05) is 39.0 Å². The molecule has 1 N–H and O–H groups in total. The van der Waals surface area contributed by atoms with Gasteiger partial charge in [-0.25, -0.2) is 4.68 Å². The number of carbonyl (C=O) groups excluding carboxylic acids is 2. The van der Waals surface area contributed by atoms with Crippen molar-refractivity contribution < 1.29 is 9.59 Å². The number of rotatable bonds is 5. The first kappa shape index (κ1) is 23.2. The molecule has 1 aliphatic heterocycles. The minimum atomic E-state index is -0.248. The van der Waals surface area contributed by atoms with Crippen LogP contribution in [0.1, 0.15) is 61.2 Å². The number of carbonyl (C=O) groups is 2. The number of hydrogen-bond donors (Lipinski definition) is 1. The highest BCUT2D eigenvalue weighted by Gasteiger charge is 2.40. The van der Waals surface area contributed by atoms with Crippen molar-refractivity contribution in [3.63, 3.8) is 0 Å². The number of aromatic nitrogens is 2. The molecule has 0 bridgehead atoms. The smallest absolute Gasteiger partial charge is 0.240 e. The van der Waals surface area contributed by atoms with Crippen LogP contribution in [0.25, 0.3) is 5.69 Å². The first-order valence-corrected chi connectivity index (χ1v) is 13.7. The minimum absolute atomic E-state index is 0.000404. The number of para-hydroxylation sites is 1. The first-order chi connectivity index (χ1) is 16.2. The van der Waals surface area contributed by atoms with E-state index in [1.165, 1.54) is 5.56 Å². The van der Waals surface area contributed by atoms with Crippen molar-refractivity contribution in [3.8, 4) is 5.69 Å². The molecule has 2 aromatic heterocycles. The molecule has 178 valence electrons. The van der Waals surface area contributed by atoms with Gasteiger partial charge in [-0.2, -0.15) is 16.4 Å². The van der Waals surface area contributed by atoms with Gasteiger partial charge in [0, 0.05) is 17.0 Å². The normalized spacial score (nSPS) is 18.5. The third-order valence-electron chi connectivity index (χ3n) is 6.23. The van der Waals surface area contributed by atoms with Crippen LogP contribution in [0.4, 0.5) is 5.82 Å². The molecule has 2 amide bonds. The Labute approximate surface area is 208 Å². The second kappa shape index (κ2) is 8.89. The van der Waals surface area contributed by atoms with Crippen molar-refractivity contribution >= 4 is 40.7 Å². The highest BCUT2D eigenvalue weighted by molar-refractivity contribution is 8.00. The summed E-state index contributed by atoms with van der Waals surface area (Å²) in [5, 5.41) is 12.4. The molecule has 2 aliphatic rings. The van der Waals surface area contributed by atoms with E-state index in [1.54, 1.807) is 28.0 Å². The first-order valence-electron chi connectivity index (χ1n) is 11.7. The Morgan fingerprint density at radius 2 is 1.97 bits per heavy atom. The van der Waals surface area contributed by atoms with Gasteiger partial charge in [-0.05, 0) is 53.8 Å². The van der Waals surface area contributed by atoms with Crippen LogP contribution >= 0.6 is 23.1 Å². The molecule has 5 rings (SSSR count). The number of thioether (sulfide) groups is 1. The van der Waals surface area contributed by atoms with Crippen LogP contribution in [-0.4, -0.2) is 39.9 Å². The Hall–Kier alpha value is -2.58. The molecule has 34 heavy (non-hydrogen) atoms. The largest absolute Gasteiger partial charge is 0.352 e. The van der Waals surface area contributed by atoms with Gasteiger partial charge in [0.1, 0.15) is 12.4 Å². The quantitative estimate of drug-likeness (QED) is 0.543. The van der Waals surface area contributed by atoms with Crippen molar-refractivity contribution in [3.05, 3.63) is 63.5 Å². The second-order valence-corrected chi connectivity index (χ2v) is 12.0. The third-order valence-corrected chi connectivity index (χ3v) is 8.19. The number of benzene rings is 1. The lowest BCUT2D eigenvalue weighted by atomic mass is 9.87. The zero-order valence-electron chi connectivity index (χ0n) is 20.0. The molecule has 1 fully saturated rings. The van der Waals surface area contributed by atoms with Crippen LogP contribution in [0.2, 0.25) is 0 Å². The van der Waals surface area contributed by atoms with Crippen molar-refractivity contribution in [2.45, 2.75) is 57.2 Å². The van der Waals surface area contributed by atoms with Gasteiger partial charge in [0.05, 0.1) is 22.4 Å². The van der Waals surface area contributed by atoms with E-state index in [4.69, 9.17) is 5.10 Å². The van der Waals surface area contributed by atoms with Gasteiger partial charge in [0.15, 0.2) is 0 Å². The van der Waals surface area contributed by atoms with E-state index >= 15 is 0 Å². The summed E-state index contributed by atoms with van der Waals surface area (Å²) in [4.78, 5) is 28.1. The fourth-order valence-corrected chi connectivity index (χ4v) is 6.33. The average Bonchev–Trinajstić information content (AvgIpc) is 3.30. The molecule has 1 unspecified atom stereocenters. The number of nitrogens with one attached hydrogen (secondary N) is 1. The fourth-order valence-electron chi connectivity index (χ4n) is 4.37. The van der Waals surface area contributed by atoms with Gasteiger partial charge in [-0.3, -0.25) is 14.5 Å². The molecule has 0 radical (unpaired) electrons. The molecule has 0 spiro atoms. The molecule has 0 saturated heterocycles. The molecule has 1 aromatic carbocycles. The highest BCUT2D eigenvalue weighted by atomic mass is 32.2. The third kappa shape index (κ3) is 4.41. The molecule has 1 saturated carbocycles. The SMILES string of the molecule is Cc1ccccc1-n1nc(C(C)(C)C)c2c1N(CC(=O)NC1CC1)C(=O)CSC2c1ccsc1. The molecular weight excluding hydrogens is 464 g/mol. The lowest BCUT2D eigenvalue weighted by molar-refractivity contribution is -0.123. The van der Waals surface area contributed by atoms with Crippen LogP contribution in [0.15, 0.2) is 41.1 Å². The van der Waals surface area contributed by atoms with E-state index in [2.05, 4.69) is 42.9 Å². The number of fused-ring (bicyclic) bond motifs is 1. The highest BCUT2D eigenvalue weighted by Crippen LogP contribution is 2.48. The van der Waals surface area contributed by atoms with Crippen LogP contribution < -0.4 is 10.2 Å². The van der Waals surface area contributed by atoms with Crippen LogP contribution in [0.5, 0.6) is 0 Å². The van der Waals surface area contributed by atoms with Gasteiger partial charge < -0.3 is 5.32 Å². The Kier molecular flexibility index (Phi) is 6.06. The zero-order chi connectivity index (χ0) is 24.0. The number of amides is 2. The van der Waals surface area contributed by atoms with E-state index in [1.807, 2.05) is 35.9 Å². The number of anilines is 1. The molecule has 1 atom stereocenters. The number of aryl methyl sites for hydroxylation is 1.